The highest BCUT2D eigenvalue weighted by Crippen LogP contribution is 2.55. The van der Waals surface area contributed by atoms with Crippen LogP contribution in [0.4, 0.5) is 0 Å². The van der Waals surface area contributed by atoms with Crippen molar-refractivity contribution in [3.8, 4) is 44.9 Å². The van der Waals surface area contributed by atoms with Crippen molar-refractivity contribution >= 4 is 28.0 Å². The number of fused-ring (bicyclic) bond motifs is 7. The van der Waals surface area contributed by atoms with Gasteiger partial charge in [0.05, 0.1) is 11.0 Å². The number of rotatable bonds is 5. The maximum atomic E-state index is 9.87. The van der Waals surface area contributed by atoms with Crippen LogP contribution in [0.5, 0.6) is 11.5 Å². The van der Waals surface area contributed by atoms with Crippen LogP contribution in [0.1, 0.15) is 121 Å². The zero-order chi connectivity index (χ0) is 44.6. The van der Waals surface area contributed by atoms with Crippen LogP contribution < -0.4 is 4.74 Å². The van der Waals surface area contributed by atoms with Gasteiger partial charge in [0.25, 0.3) is 0 Å². The summed E-state index contributed by atoms with van der Waals surface area (Å²) in [6.07, 6.45) is 6.31. The number of hydrogen-bond acceptors (Lipinski definition) is 3. The highest BCUT2D eigenvalue weighted by Gasteiger charge is 2.37. The number of oxazole rings is 1. The molecule has 3 aliphatic rings. The third-order valence-electron chi connectivity index (χ3n) is 12.8. The standard InChI is InChI=1S/C52H48N2O2/c1-31-21-23-35(47-37(33-13-5-6-14-33)26-28-44-49(47)53-51-54(44)43-18-10-12-20-46(43)56-51)29-39(31)40-30-36(24-22-32(40)2)48-38(34-15-7-8-16-34)25-27-42-50(48)55-45-19-11-9-17-41(45)52(42,3)4/h9-12,17-30,33-34H,5-8,13-16H2,1-4H3/i1D3,2D3,33D,34D. The summed E-state index contributed by atoms with van der Waals surface area (Å²) in [6.45, 7) is -0.908. The first kappa shape index (κ1) is 26.3. The average molecular weight is 741 g/mol. The minimum Gasteiger partial charge on any atom is -0.456 e. The van der Waals surface area contributed by atoms with Crippen LogP contribution in [0.2, 0.25) is 0 Å². The second-order valence-corrected chi connectivity index (χ2v) is 16.4. The molecule has 0 amide bonds. The van der Waals surface area contributed by atoms with Crippen molar-refractivity contribution in [1.82, 2.24) is 9.38 Å². The molecule has 4 nitrogen and oxygen atoms in total. The highest BCUT2D eigenvalue weighted by molar-refractivity contribution is 5.99. The second kappa shape index (κ2) is 12.7. The Balaban J connectivity index is 1.20. The van der Waals surface area contributed by atoms with E-state index in [9.17, 15) is 2.74 Å². The highest BCUT2D eigenvalue weighted by atomic mass is 16.5. The van der Waals surface area contributed by atoms with Gasteiger partial charge in [-0.3, -0.25) is 4.40 Å². The molecule has 6 aromatic carbocycles. The Hall–Kier alpha value is -5.61. The van der Waals surface area contributed by atoms with E-state index < -0.39 is 30.9 Å². The van der Waals surface area contributed by atoms with E-state index in [0.717, 1.165) is 70.3 Å². The van der Waals surface area contributed by atoms with Crippen LogP contribution in [0.3, 0.4) is 0 Å². The molecule has 0 unspecified atom stereocenters. The molecular formula is C52H48N2O2. The van der Waals surface area contributed by atoms with E-state index in [1.54, 1.807) is 30.3 Å². The summed E-state index contributed by atoms with van der Waals surface area (Å²) >= 11 is 0. The van der Waals surface area contributed by atoms with Crippen molar-refractivity contribution in [2.75, 3.05) is 0 Å². The number of aryl methyl sites for hydroxylation is 2. The normalized spacial score (nSPS) is 20.5. The zero-order valence-corrected chi connectivity index (χ0v) is 31.8. The molecule has 8 aromatic rings. The number of nitrogens with zero attached hydrogens (tertiary/aromatic N) is 2. The topological polar surface area (TPSA) is 39.7 Å². The minimum atomic E-state index is -2.62. The largest absolute Gasteiger partial charge is 0.456 e. The molecule has 278 valence electrons. The fraction of sp³-hybridized carbons (Fsp3) is 0.288. The van der Waals surface area contributed by atoms with Crippen LogP contribution >= 0.6 is 0 Å². The summed E-state index contributed by atoms with van der Waals surface area (Å²) in [5, 5.41) is 0. The average Bonchev–Trinajstić information content (AvgIpc) is 4.07. The molecule has 11 rings (SSSR count). The van der Waals surface area contributed by atoms with Crippen LogP contribution in [0, 0.1) is 13.7 Å². The molecular weight excluding hydrogens is 685 g/mol. The summed E-state index contributed by atoms with van der Waals surface area (Å²) in [5.41, 5.74) is 9.31. The number of para-hydroxylation sites is 3. The van der Waals surface area contributed by atoms with E-state index in [1.807, 2.05) is 65.1 Å². The molecule has 0 spiro atoms. The van der Waals surface area contributed by atoms with E-state index in [-0.39, 0.29) is 22.3 Å². The van der Waals surface area contributed by atoms with Crippen LogP contribution in [-0.2, 0) is 5.41 Å². The van der Waals surface area contributed by atoms with Gasteiger partial charge in [0.1, 0.15) is 17.0 Å². The van der Waals surface area contributed by atoms with Gasteiger partial charge in [0, 0.05) is 38.6 Å². The van der Waals surface area contributed by atoms with Gasteiger partial charge < -0.3 is 9.15 Å². The Morgan fingerprint density at radius 2 is 1.29 bits per heavy atom. The first-order valence-corrected chi connectivity index (χ1v) is 20.1. The first-order valence-electron chi connectivity index (χ1n) is 24.1. The summed E-state index contributed by atoms with van der Waals surface area (Å²) in [4.78, 5) is 5.08. The zero-order valence-electron chi connectivity index (χ0n) is 39.8. The van der Waals surface area contributed by atoms with E-state index in [1.165, 1.54) is 0 Å². The van der Waals surface area contributed by atoms with Crippen molar-refractivity contribution in [2.45, 2.75) is 96.1 Å². The lowest BCUT2D eigenvalue weighted by molar-refractivity contribution is 0.418. The maximum absolute atomic E-state index is 9.87. The van der Waals surface area contributed by atoms with Crippen molar-refractivity contribution in [3.63, 3.8) is 0 Å². The Labute approximate surface area is 340 Å². The molecule has 2 saturated carbocycles. The number of hydrogen-bond donors (Lipinski definition) is 0. The SMILES string of the molecule is [2H]C([2H])([2H])c1ccc(-c2c(C3([2H])CCCC3)ccc3c2Oc2ccccc2C3(C)C)cc1-c1cc(-c2c(C3([2H])CCCC3)ccc3c2nc2oc4ccccc4n23)ccc1C([2H])([2H])[2H]. The van der Waals surface area contributed by atoms with Crippen LogP contribution in [0.25, 0.3) is 61.4 Å². The third kappa shape index (κ3) is 5.07. The van der Waals surface area contributed by atoms with Gasteiger partial charge in [-0.15, -0.1) is 0 Å². The summed E-state index contributed by atoms with van der Waals surface area (Å²) in [5.74, 6) is -0.0643. The van der Waals surface area contributed by atoms with Crippen LogP contribution in [0.15, 0.2) is 114 Å². The lowest BCUT2D eigenvalue weighted by Gasteiger charge is -2.36. The second-order valence-electron chi connectivity index (χ2n) is 16.4. The minimum absolute atomic E-state index is 0.00746. The Morgan fingerprint density at radius 3 is 2.00 bits per heavy atom. The number of benzene rings is 6. The number of aromatic nitrogens is 2. The molecule has 2 aliphatic carbocycles. The Kier molecular flexibility index (Phi) is 5.96. The molecule has 0 saturated heterocycles. The molecule has 0 radical (unpaired) electrons. The van der Waals surface area contributed by atoms with Gasteiger partial charge in [0.2, 0.25) is 0 Å². The van der Waals surface area contributed by atoms with Crippen molar-refractivity contribution in [2.24, 2.45) is 0 Å². The van der Waals surface area contributed by atoms with Gasteiger partial charge in [-0.1, -0.05) is 112 Å². The van der Waals surface area contributed by atoms with Gasteiger partial charge >= 0.3 is 5.84 Å². The first-order chi connectivity index (χ1) is 30.5. The van der Waals surface area contributed by atoms with Gasteiger partial charge in [0.15, 0.2) is 5.58 Å². The molecule has 56 heavy (non-hydrogen) atoms. The predicted molar refractivity (Wildman–Crippen MR) is 229 cm³/mol. The van der Waals surface area contributed by atoms with E-state index in [2.05, 4.69) is 32.0 Å². The summed E-state index contributed by atoms with van der Waals surface area (Å²) in [6, 6.07) is 34.3. The third-order valence-corrected chi connectivity index (χ3v) is 12.8. The summed E-state index contributed by atoms with van der Waals surface area (Å²) in [7, 11) is 0. The van der Waals surface area contributed by atoms with E-state index >= 15 is 0 Å². The molecule has 4 heteroatoms. The summed E-state index contributed by atoms with van der Waals surface area (Å²) < 4.78 is 87.9. The van der Waals surface area contributed by atoms with Crippen molar-refractivity contribution in [3.05, 3.63) is 143 Å². The fourth-order valence-electron chi connectivity index (χ4n) is 9.91. The lowest BCUT2D eigenvalue weighted by Crippen LogP contribution is -2.25. The molecule has 1 aliphatic heterocycles. The number of imidazole rings is 1. The van der Waals surface area contributed by atoms with Crippen LogP contribution in [-0.4, -0.2) is 9.38 Å². The molecule has 2 fully saturated rings. The fourth-order valence-corrected chi connectivity index (χ4v) is 9.91. The van der Waals surface area contributed by atoms with Gasteiger partial charge in [-0.25, -0.2) is 0 Å². The quantitative estimate of drug-likeness (QED) is 0.176. The molecule has 2 aromatic heterocycles. The lowest BCUT2D eigenvalue weighted by atomic mass is 9.73. The van der Waals surface area contributed by atoms with Crippen molar-refractivity contribution in [1.29, 1.82) is 0 Å². The number of ether oxygens (including phenoxy) is 1. The monoisotopic (exact) mass is 740 g/mol. The predicted octanol–water partition coefficient (Wildman–Crippen LogP) is 14.6. The Morgan fingerprint density at radius 1 is 0.661 bits per heavy atom. The van der Waals surface area contributed by atoms with Gasteiger partial charge in [-0.05, 0) is 132 Å². The van der Waals surface area contributed by atoms with E-state index in [4.69, 9.17) is 22.4 Å². The maximum Gasteiger partial charge on any atom is 0.307 e. The van der Waals surface area contributed by atoms with Gasteiger partial charge in [-0.2, -0.15) is 4.98 Å². The molecule has 0 bridgehead atoms. The Bertz CT molecular complexity index is 3200. The smallest absolute Gasteiger partial charge is 0.307 e. The molecule has 0 N–H and O–H groups in total. The van der Waals surface area contributed by atoms with Crippen molar-refractivity contribution < 1.29 is 20.1 Å². The molecule has 0 atom stereocenters. The van der Waals surface area contributed by atoms with E-state index in [0.29, 0.717) is 65.1 Å². The molecule has 3 heterocycles.